The monoisotopic (exact) mass is 314 g/mol. The minimum atomic E-state index is 0. The molecule has 0 atom stereocenters. The maximum atomic E-state index is 5.30. The van der Waals surface area contributed by atoms with Crippen molar-refractivity contribution in [2.75, 3.05) is 0 Å². The Morgan fingerprint density at radius 3 is 2.24 bits per heavy atom. The van der Waals surface area contributed by atoms with Gasteiger partial charge in [-0.05, 0) is 24.3 Å². The van der Waals surface area contributed by atoms with Crippen molar-refractivity contribution in [1.29, 1.82) is 0 Å². The van der Waals surface area contributed by atoms with Crippen molar-refractivity contribution in [3.05, 3.63) is 49.2 Å². The van der Waals surface area contributed by atoms with Crippen LogP contribution in [0.1, 0.15) is 58.6 Å². The van der Waals surface area contributed by atoms with Gasteiger partial charge in [-0.1, -0.05) is 39.3 Å². The molecule has 0 unspecified atom stereocenters. The van der Waals surface area contributed by atoms with Gasteiger partial charge in [0.1, 0.15) is 6.61 Å². The zero-order valence-electron chi connectivity index (χ0n) is 14.9. The average molecular weight is 315 g/mol. The molecule has 1 aromatic rings. The second kappa shape index (κ2) is 11.7. The summed E-state index contributed by atoms with van der Waals surface area (Å²) >= 11 is 0. The van der Waals surface area contributed by atoms with E-state index in [1.807, 2.05) is 6.92 Å². The Labute approximate surface area is 174 Å². The van der Waals surface area contributed by atoms with Crippen LogP contribution in [0.25, 0.3) is 0 Å². The summed E-state index contributed by atoms with van der Waals surface area (Å²) in [6, 6.07) is 8.48. The van der Waals surface area contributed by atoms with Crippen molar-refractivity contribution >= 4 is 5.71 Å². The molecule has 0 amide bonds. The first-order valence-electron chi connectivity index (χ1n) is 6.98. The van der Waals surface area contributed by atoms with Gasteiger partial charge in [-0.2, -0.15) is 24.1 Å². The van der Waals surface area contributed by atoms with Gasteiger partial charge in [0.05, 0.1) is 5.71 Å². The molecule has 0 heterocycles. The molecule has 2 nitrogen and oxygen atoms in total. The van der Waals surface area contributed by atoms with Gasteiger partial charge < -0.3 is 12.3 Å². The van der Waals surface area contributed by atoms with Crippen molar-refractivity contribution in [2.24, 2.45) is 10.6 Å². The average Bonchev–Trinajstić information content (AvgIpc) is 2.36. The van der Waals surface area contributed by atoms with E-state index < -0.39 is 0 Å². The molecule has 0 radical (unpaired) electrons. The Balaban J connectivity index is 0. The largest absolute Gasteiger partial charge is 1.00 e. The third-order valence-corrected chi connectivity index (χ3v) is 2.89. The number of oxime groups is 1. The number of hydrogen-bond acceptors (Lipinski definition) is 2. The molecule has 0 saturated heterocycles. The van der Waals surface area contributed by atoms with Gasteiger partial charge in [-0.3, -0.25) is 0 Å². The molecular weight excluding hydrogens is 285 g/mol. The van der Waals surface area contributed by atoms with Crippen LogP contribution in [0.15, 0.2) is 29.4 Å². The molecule has 114 valence electrons. The Bertz CT molecular complexity index is 404. The van der Waals surface area contributed by atoms with E-state index in [1.165, 1.54) is 5.56 Å². The van der Waals surface area contributed by atoms with E-state index in [1.54, 1.807) is 0 Å². The van der Waals surface area contributed by atoms with Crippen LogP contribution in [0.4, 0.5) is 0 Å². The minimum Gasteiger partial charge on any atom is -0.391 e. The SMILES string of the molecule is CC/C(C)=N/OCc1ccc([CH-]CC(C)(C)C)cc1.[CH3-].[K+]. The summed E-state index contributed by atoms with van der Waals surface area (Å²) in [5, 5.41) is 4.04. The summed E-state index contributed by atoms with van der Waals surface area (Å²) < 4.78 is 0. The summed E-state index contributed by atoms with van der Waals surface area (Å²) in [7, 11) is 0. The topological polar surface area (TPSA) is 21.6 Å². The van der Waals surface area contributed by atoms with E-state index in [0.717, 1.165) is 24.1 Å². The third kappa shape index (κ3) is 11.4. The quantitative estimate of drug-likeness (QED) is 0.342. The minimum absolute atomic E-state index is 0. The molecule has 21 heavy (non-hydrogen) atoms. The molecule has 0 spiro atoms. The maximum Gasteiger partial charge on any atom is 1.00 e. The predicted molar refractivity (Wildman–Crippen MR) is 88.5 cm³/mol. The second-order valence-electron chi connectivity index (χ2n) is 6.16. The van der Waals surface area contributed by atoms with E-state index in [4.69, 9.17) is 4.84 Å². The smallest absolute Gasteiger partial charge is 0.391 e. The molecular formula is C18H29KNO-. The van der Waals surface area contributed by atoms with Crippen molar-refractivity contribution in [3.63, 3.8) is 0 Å². The Morgan fingerprint density at radius 1 is 1.19 bits per heavy atom. The van der Waals surface area contributed by atoms with Gasteiger partial charge in [0, 0.05) is 0 Å². The molecule has 1 rings (SSSR count). The van der Waals surface area contributed by atoms with Crippen LogP contribution >= 0.6 is 0 Å². The molecule has 0 aromatic heterocycles. The van der Waals surface area contributed by atoms with Gasteiger partial charge in [0.15, 0.2) is 0 Å². The third-order valence-electron chi connectivity index (χ3n) is 2.89. The Morgan fingerprint density at radius 2 is 1.76 bits per heavy atom. The molecule has 0 saturated carbocycles. The fourth-order valence-corrected chi connectivity index (χ4v) is 1.46. The normalized spacial score (nSPS) is 11.2. The van der Waals surface area contributed by atoms with E-state index in [9.17, 15) is 0 Å². The van der Waals surface area contributed by atoms with Gasteiger partial charge in [0.2, 0.25) is 0 Å². The van der Waals surface area contributed by atoms with Crippen LogP contribution in [0, 0.1) is 19.3 Å². The predicted octanol–water partition coefficient (Wildman–Crippen LogP) is 2.43. The molecule has 0 N–H and O–H groups in total. The van der Waals surface area contributed by atoms with Crippen molar-refractivity contribution in [3.8, 4) is 0 Å². The van der Waals surface area contributed by atoms with Crippen LogP contribution in [0.3, 0.4) is 0 Å². The van der Waals surface area contributed by atoms with Crippen LogP contribution in [0.2, 0.25) is 0 Å². The van der Waals surface area contributed by atoms with Crippen molar-refractivity contribution < 1.29 is 56.2 Å². The molecule has 1 aromatic carbocycles. The van der Waals surface area contributed by atoms with Crippen LogP contribution < -0.4 is 51.4 Å². The molecule has 3 heteroatoms. The van der Waals surface area contributed by atoms with Gasteiger partial charge in [-0.25, -0.2) is 0 Å². The van der Waals surface area contributed by atoms with E-state index in [0.29, 0.717) is 12.0 Å². The Kier molecular flexibility index (Phi) is 13.1. The molecule has 0 bridgehead atoms. The first-order chi connectivity index (χ1) is 8.90. The van der Waals surface area contributed by atoms with Gasteiger partial charge in [-0.15, -0.1) is 12.1 Å². The maximum absolute atomic E-state index is 5.30. The first-order valence-corrected chi connectivity index (χ1v) is 6.98. The fraction of sp³-hybridized carbons (Fsp3) is 0.500. The molecule has 0 fully saturated rings. The number of nitrogens with zero attached hydrogens (tertiary/aromatic N) is 1. The summed E-state index contributed by atoms with van der Waals surface area (Å²) in [5.74, 6) is 0. The summed E-state index contributed by atoms with van der Waals surface area (Å²) in [6.45, 7) is 11.3. The summed E-state index contributed by atoms with van der Waals surface area (Å²) in [6.07, 6.45) is 4.30. The standard InChI is InChI=1S/C17H26NO.CH3.K/c1-6-14(2)18-19-13-16-9-7-15(8-10-16)11-12-17(3,4)5;;/h7-11H,6,12-13H2,1-5H3;1H3;/q2*-1;+1/b18-14+;;. The zero-order valence-corrected chi connectivity index (χ0v) is 18.0. The molecule has 0 aliphatic heterocycles. The van der Waals surface area contributed by atoms with Gasteiger partial charge in [0.25, 0.3) is 0 Å². The van der Waals surface area contributed by atoms with Gasteiger partial charge >= 0.3 is 51.4 Å². The zero-order chi connectivity index (χ0) is 14.3. The summed E-state index contributed by atoms with van der Waals surface area (Å²) in [5.41, 5.74) is 3.79. The Hall–Kier alpha value is 0.196. The molecule has 0 aliphatic carbocycles. The van der Waals surface area contributed by atoms with Crippen LogP contribution in [0.5, 0.6) is 0 Å². The second-order valence-corrected chi connectivity index (χ2v) is 6.16. The van der Waals surface area contributed by atoms with E-state index in [2.05, 4.69) is 63.5 Å². The summed E-state index contributed by atoms with van der Waals surface area (Å²) in [4.78, 5) is 5.30. The molecule has 0 aliphatic rings. The number of benzene rings is 1. The van der Waals surface area contributed by atoms with Crippen LogP contribution in [-0.2, 0) is 11.4 Å². The first kappa shape index (κ1) is 23.5. The van der Waals surface area contributed by atoms with Crippen LogP contribution in [-0.4, -0.2) is 5.71 Å². The van der Waals surface area contributed by atoms with Crippen molar-refractivity contribution in [2.45, 2.75) is 54.1 Å². The van der Waals surface area contributed by atoms with E-state index >= 15 is 0 Å². The van der Waals surface area contributed by atoms with Crippen molar-refractivity contribution in [1.82, 2.24) is 0 Å². The van der Waals surface area contributed by atoms with E-state index in [-0.39, 0.29) is 58.8 Å². The number of rotatable bonds is 6. The fourth-order valence-electron chi connectivity index (χ4n) is 1.46. The number of hydrogen-bond donors (Lipinski definition) is 0.